The van der Waals surface area contributed by atoms with E-state index in [2.05, 4.69) is 48.5 Å². The monoisotopic (exact) mass is 286 g/mol. The second kappa shape index (κ2) is 6.73. The first-order valence-electron chi connectivity index (χ1n) is 7.18. The van der Waals surface area contributed by atoms with E-state index in [0.29, 0.717) is 6.42 Å². The van der Waals surface area contributed by atoms with Crippen LogP contribution in [0.3, 0.4) is 0 Å². The fourth-order valence-corrected chi connectivity index (χ4v) is 4.27. The van der Waals surface area contributed by atoms with Crippen molar-refractivity contribution in [3.63, 3.8) is 0 Å². The Balaban J connectivity index is 1.85. The summed E-state index contributed by atoms with van der Waals surface area (Å²) >= 11 is 0. The average Bonchev–Trinajstić information content (AvgIpc) is 2.82. The average molecular weight is 286 g/mol. The lowest BCUT2D eigenvalue weighted by molar-refractivity contribution is 0.310. The Morgan fingerprint density at radius 2 is 2.10 bits per heavy atom. The summed E-state index contributed by atoms with van der Waals surface area (Å²) in [7, 11) is -1.60. The van der Waals surface area contributed by atoms with Gasteiger partial charge in [-0.25, -0.2) is 0 Å². The van der Waals surface area contributed by atoms with E-state index in [0.717, 1.165) is 25.5 Å². The summed E-state index contributed by atoms with van der Waals surface area (Å²) in [5.74, 6) is 0. The van der Waals surface area contributed by atoms with Gasteiger partial charge >= 0.3 is 0 Å². The maximum Gasteiger partial charge on any atom is 0.186 e. The summed E-state index contributed by atoms with van der Waals surface area (Å²) in [4.78, 5) is 3.30. The SMILES string of the molecule is C[Si](C)(CCCC#N)OCCc1c[nH]c2ccccc12. The molecular weight excluding hydrogens is 264 g/mol. The number of rotatable bonds is 7. The highest BCUT2D eigenvalue weighted by molar-refractivity contribution is 6.71. The van der Waals surface area contributed by atoms with E-state index in [4.69, 9.17) is 9.69 Å². The van der Waals surface area contributed by atoms with Gasteiger partial charge in [-0.05, 0) is 43.6 Å². The molecule has 0 unspecified atom stereocenters. The van der Waals surface area contributed by atoms with Crippen LogP contribution >= 0.6 is 0 Å². The maximum atomic E-state index is 8.59. The first-order chi connectivity index (χ1) is 9.62. The second-order valence-electron chi connectivity index (χ2n) is 5.73. The second-order valence-corrected chi connectivity index (χ2v) is 10.0. The molecule has 0 atom stereocenters. The highest BCUT2D eigenvalue weighted by Gasteiger charge is 2.21. The lowest BCUT2D eigenvalue weighted by Gasteiger charge is -2.22. The zero-order valence-corrected chi connectivity index (χ0v) is 13.3. The number of nitriles is 1. The molecule has 106 valence electrons. The maximum absolute atomic E-state index is 8.59. The highest BCUT2D eigenvalue weighted by Crippen LogP contribution is 2.20. The van der Waals surface area contributed by atoms with Crippen LogP contribution in [0.4, 0.5) is 0 Å². The van der Waals surface area contributed by atoms with Crippen LogP contribution in [0.2, 0.25) is 19.1 Å². The topological polar surface area (TPSA) is 48.8 Å². The zero-order chi connectivity index (χ0) is 14.4. The molecule has 2 aromatic rings. The third kappa shape index (κ3) is 3.96. The van der Waals surface area contributed by atoms with Crippen LogP contribution in [-0.2, 0) is 10.8 Å². The van der Waals surface area contributed by atoms with Crippen LogP contribution in [0, 0.1) is 11.3 Å². The molecule has 0 amide bonds. The minimum absolute atomic E-state index is 0.641. The molecule has 4 heteroatoms. The van der Waals surface area contributed by atoms with Gasteiger partial charge in [-0.15, -0.1) is 0 Å². The molecule has 3 nitrogen and oxygen atoms in total. The van der Waals surface area contributed by atoms with E-state index < -0.39 is 8.32 Å². The van der Waals surface area contributed by atoms with Crippen molar-refractivity contribution < 1.29 is 4.43 Å². The summed E-state index contributed by atoms with van der Waals surface area (Å²) < 4.78 is 6.11. The van der Waals surface area contributed by atoms with E-state index in [-0.39, 0.29) is 0 Å². The molecule has 1 N–H and O–H groups in total. The van der Waals surface area contributed by atoms with E-state index >= 15 is 0 Å². The van der Waals surface area contributed by atoms with Gasteiger partial charge in [0, 0.05) is 30.1 Å². The predicted molar refractivity (Wildman–Crippen MR) is 85.1 cm³/mol. The normalized spacial score (nSPS) is 11.7. The molecule has 0 saturated carbocycles. The summed E-state index contributed by atoms with van der Waals surface area (Å²) in [5, 5.41) is 9.88. The van der Waals surface area contributed by atoms with Gasteiger partial charge in [0.2, 0.25) is 0 Å². The van der Waals surface area contributed by atoms with Crippen molar-refractivity contribution >= 4 is 19.2 Å². The van der Waals surface area contributed by atoms with Crippen LogP contribution in [0.15, 0.2) is 30.5 Å². The smallest absolute Gasteiger partial charge is 0.186 e. The Bertz CT molecular complexity index is 598. The third-order valence-corrected chi connectivity index (χ3v) is 6.15. The summed E-state index contributed by atoms with van der Waals surface area (Å²) in [5.41, 5.74) is 2.51. The zero-order valence-electron chi connectivity index (χ0n) is 12.3. The van der Waals surface area contributed by atoms with Crippen molar-refractivity contribution in [1.29, 1.82) is 5.26 Å². The minimum atomic E-state index is -1.60. The lowest BCUT2D eigenvalue weighted by Crippen LogP contribution is -2.30. The van der Waals surface area contributed by atoms with Crippen LogP contribution in [0.25, 0.3) is 10.9 Å². The molecule has 1 aromatic heterocycles. The number of hydrogen-bond acceptors (Lipinski definition) is 2. The third-order valence-electron chi connectivity index (χ3n) is 3.61. The van der Waals surface area contributed by atoms with E-state index in [1.54, 1.807) is 0 Å². The van der Waals surface area contributed by atoms with Crippen LogP contribution in [-0.4, -0.2) is 19.9 Å². The Morgan fingerprint density at radius 1 is 1.30 bits per heavy atom. The molecule has 0 aliphatic carbocycles. The molecule has 0 radical (unpaired) electrons. The van der Waals surface area contributed by atoms with Crippen molar-refractivity contribution in [1.82, 2.24) is 4.98 Å². The summed E-state index contributed by atoms with van der Waals surface area (Å²) in [6.45, 7) is 5.24. The van der Waals surface area contributed by atoms with Crippen molar-refractivity contribution in [2.24, 2.45) is 0 Å². The Kier molecular flexibility index (Phi) is 4.99. The number of unbranched alkanes of at least 4 members (excludes halogenated alkanes) is 1. The molecule has 2 rings (SSSR count). The molecule has 1 aromatic carbocycles. The Labute approximate surface area is 121 Å². The van der Waals surface area contributed by atoms with Crippen molar-refractivity contribution in [3.05, 3.63) is 36.0 Å². The highest BCUT2D eigenvalue weighted by atomic mass is 28.4. The van der Waals surface area contributed by atoms with Crippen LogP contribution in [0.1, 0.15) is 18.4 Å². The van der Waals surface area contributed by atoms with Crippen molar-refractivity contribution in [2.45, 2.75) is 38.4 Å². The number of para-hydroxylation sites is 1. The van der Waals surface area contributed by atoms with Crippen LogP contribution in [0.5, 0.6) is 0 Å². The molecule has 20 heavy (non-hydrogen) atoms. The van der Waals surface area contributed by atoms with Crippen LogP contribution < -0.4 is 0 Å². The molecule has 0 saturated heterocycles. The van der Waals surface area contributed by atoms with Gasteiger partial charge in [0.15, 0.2) is 8.32 Å². The molecule has 0 fully saturated rings. The van der Waals surface area contributed by atoms with Gasteiger partial charge in [-0.2, -0.15) is 5.26 Å². The molecule has 0 bridgehead atoms. The van der Waals surface area contributed by atoms with Crippen molar-refractivity contribution in [3.8, 4) is 6.07 Å². The van der Waals surface area contributed by atoms with E-state index in [1.807, 2.05) is 6.07 Å². The van der Waals surface area contributed by atoms with Gasteiger partial charge in [0.25, 0.3) is 0 Å². The number of aromatic amines is 1. The first-order valence-corrected chi connectivity index (χ1v) is 10.3. The Hall–Kier alpha value is -1.57. The quantitative estimate of drug-likeness (QED) is 0.611. The largest absolute Gasteiger partial charge is 0.417 e. The number of fused-ring (bicyclic) bond motifs is 1. The van der Waals surface area contributed by atoms with Gasteiger partial charge in [0.1, 0.15) is 0 Å². The number of aromatic nitrogens is 1. The summed E-state index contributed by atoms with van der Waals surface area (Å²) in [6.07, 6.45) is 4.63. The number of nitrogens with zero attached hydrogens (tertiary/aromatic N) is 1. The molecule has 0 aliphatic heterocycles. The number of hydrogen-bond donors (Lipinski definition) is 1. The van der Waals surface area contributed by atoms with Gasteiger partial charge in [-0.3, -0.25) is 0 Å². The number of H-pyrrole nitrogens is 1. The van der Waals surface area contributed by atoms with Gasteiger partial charge in [-0.1, -0.05) is 18.2 Å². The molecule has 1 heterocycles. The summed E-state index contributed by atoms with van der Waals surface area (Å²) in [6, 6.07) is 11.6. The first kappa shape index (κ1) is 14.8. The van der Waals surface area contributed by atoms with E-state index in [1.165, 1.54) is 16.5 Å². The molecule has 0 spiro atoms. The fraction of sp³-hybridized carbons (Fsp3) is 0.438. The van der Waals surface area contributed by atoms with Gasteiger partial charge < -0.3 is 9.41 Å². The Morgan fingerprint density at radius 3 is 2.90 bits per heavy atom. The number of nitrogens with one attached hydrogen (secondary N) is 1. The van der Waals surface area contributed by atoms with E-state index in [9.17, 15) is 0 Å². The molecule has 0 aliphatic rings. The van der Waals surface area contributed by atoms with Gasteiger partial charge in [0.05, 0.1) is 6.07 Å². The molecular formula is C16H22N2OSi. The minimum Gasteiger partial charge on any atom is -0.417 e. The standard InChI is InChI=1S/C16H22N2OSi/c1-20(2,12-6-5-10-17)19-11-9-14-13-18-16-8-4-3-7-15(14)16/h3-4,7-8,13,18H,5-6,9,11-12H2,1-2H3. The predicted octanol–water partition coefficient (Wildman–Crippen LogP) is 4.24. The fourth-order valence-electron chi connectivity index (χ4n) is 2.44. The van der Waals surface area contributed by atoms with Crippen molar-refractivity contribution in [2.75, 3.05) is 6.61 Å². The lowest BCUT2D eigenvalue weighted by atomic mass is 10.1. The number of benzene rings is 1.